The summed E-state index contributed by atoms with van der Waals surface area (Å²) in [4.78, 5) is 0. The molecule has 4 heteroatoms. The first-order chi connectivity index (χ1) is 12.3. The molecule has 2 N–H and O–H groups in total. The van der Waals surface area contributed by atoms with Gasteiger partial charge in [-0.15, -0.1) is 0 Å². The van der Waals surface area contributed by atoms with E-state index in [-0.39, 0.29) is 0 Å². The molecule has 3 aromatic carbocycles. The van der Waals surface area contributed by atoms with Crippen molar-refractivity contribution in [2.45, 2.75) is 13.2 Å². The van der Waals surface area contributed by atoms with Crippen LogP contribution in [0.3, 0.4) is 0 Å². The second-order valence-corrected chi connectivity index (χ2v) is 5.59. The summed E-state index contributed by atoms with van der Waals surface area (Å²) in [6, 6.07) is 27.5. The molecule has 4 nitrogen and oxygen atoms in total. The summed E-state index contributed by atoms with van der Waals surface area (Å²) < 4.78 is 5.77. The predicted molar refractivity (Wildman–Crippen MR) is 98.8 cm³/mol. The van der Waals surface area contributed by atoms with Crippen LogP contribution in [0.25, 0.3) is 0 Å². The molecule has 0 heterocycles. The molecular formula is C21H19N3O. The van der Waals surface area contributed by atoms with Gasteiger partial charge in [0.15, 0.2) is 0 Å². The van der Waals surface area contributed by atoms with Crippen LogP contribution in [0, 0.1) is 11.3 Å². The molecule has 0 aliphatic heterocycles. The van der Waals surface area contributed by atoms with Crippen molar-refractivity contribution in [3.63, 3.8) is 0 Å². The Morgan fingerprint density at radius 3 is 2.40 bits per heavy atom. The second kappa shape index (κ2) is 8.53. The highest BCUT2D eigenvalue weighted by Crippen LogP contribution is 2.15. The monoisotopic (exact) mass is 329 g/mol. The number of nitrogens with one attached hydrogen (secondary N) is 2. The van der Waals surface area contributed by atoms with E-state index in [2.05, 4.69) is 16.9 Å². The lowest BCUT2D eigenvalue weighted by atomic mass is 10.1. The molecule has 0 aliphatic carbocycles. The van der Waals surface area contributed by atoms with Crippen molar-refractivity contribution in [2.24, 2.45) is 0 Å². The Labute approximate surface area is 147 Å². The zero-order chi connectivity index (χ0) is 17.3. The Balaban J connectivity index is 1.47. The van der Waals surface area contributed by atoms with Crippen molar-refractivity contribution in [2.75, 3.05) is 5.43 Å². The molecule has 0 bridgehead atoms. The third kappa shape index (κ3) is 5.10. The summed E-state index contributed by atoms with van der Waals surface area (Å²) in [5.74, 6) is 0.808. The Morgan fingerprint density at radius 2 is 1.64 bits per heavy atom. The van der Waals surface area contributed by atoms with E-state index in [4.69, 9.17) is 10.00 Å². The molecule has 0 atom stereocenters. The molecule has 0 aliphatic rings. The summed E-state index contributed by atoms with van der Waals surface area (Å²) in [5.41, 5.74) is 10.2. The van der Waals surface area contributed by atoms with E-state index in [1.807, 2.05) is 72.8 Å². The molecule has 0 saturated carbocycles. The zero-order valence-electron chi connectivity index (χ0n) is 13.8. The highest BCUT2D eigenvalue weighted by Gasteiger charge is 1.99. The topological polar surface area (TPSA) is 57.1 Å². The van der Waals surface area contributed by atoms with E-state index in [1.54, 1.807) is 6.07 Å². The maximum absolute atomic E-state index is 8.92. The number of nitriles is 1. The minimum Gasteiger partial charge on any atom is -0.489 e. The fraction of sp³-hybridized carbons (Fsp3) is 0.0952. The predicted octanol–water partition coefficient (Wildman–Crippen LogP) is 4.25. The van der Waals surface area contributed by atoms with Crippen LogP contribution in [0.4, 0.5) is 5.69 Å². The van der Waals surface area contributed by atoms with Crippen LogP contribution >= 0.6 is 0 Å². The van der Waals surface area contributed by atoms with Gasteiger partial charge in [-0.1, -0.05) is 42.5 Å². The van der Waals surface area contributed by atoms with Crippen molar-refractivity contribution in [1.82, 2.24) is 5.43 Å². The van der Waals surface area contributed by atoms with E-state index in [1.165, 1.54) is 0 Å². The molecule has 124 valence electrons. The van der Waals surface area contributed by atoms with Crippen LogP contribution in [0.1, 0.15) is 16.7 Å². The zero-order valence-corrected chi connectivity index (χ0v) is 13.8. The van der Waals surface area contributed by atoms with Crippen molar-refractivity contribution in [1.29, 1.82) is 5.26 Å². The summed E-state index contributed by atoms with van der Waals surface area (Å²) >= 11 is 0. The quantitative estimate of drug-likeness (QED) is 0.636. The van der Waals surface area contributed by atoms with Crippen molar-refractivity contribution in [3.05, 3.63) is 95.6 Å². The third-order valence-corrected chi connectivity index (χ3v) is 3.68. The Hall–Kier alpha value is -3.29. The normalized spacial score (nSPS) is 10.0. The van der Waals surface area contributed by atoms with Gasteiger partial charge < -0.3 is 10.2 Å². The van der Waals surface area contributed by atoms with Crippen molar-refractivity contribution < 1.29 is 4.74 Å². The van der Waals surface area contributed by atoms with Crippen LogP contribution in [0.15, 0.2) is 78.9 Å². The van der Waals surface area contributed by atoms with E-state index in [0.717, 1.165) is 22.6 Å². The molecule has 25 heavy (non-hydrogen) atoms. The fourth-order valence-electron chi connectivity index (χ4n) is 2.37. The molecule has 3 rings (SSSR count). The van der Waals surface area contributed by atoms with Gasteiger partial charge in [-0.2, -0.15) is 5.26 Å². The molecule has 0 radical (unpaired) electrons. The summed E-state index contributed by atoms with van der Waals surface area (Å²) in [6.45, 7) is 1.15. The highest BCUT2D eigenvalue weighted by atomic mass is 16.5. The molecular weight excluding hydrogens is 310 g/mol. The van der Waals surface area contributed by atoms with Gasteiger partial charge in [0.05, 0.1) is 11.6 Å². The summed E-state index contributed by atoms with van der Waals surface area (Å²) in [6.07, 6.45) is 0. The average Bonchev–Trinajstić information content (AvgIpc) is 2.68. The summed E-state index contributed by atoms with van der Waals surface area (Å²) in [7, 11) is 0. The largest absolute Gasteiger partial charge is 0.489 e. The van der Waals surface area contributed by atoms with Crippen LogP contribution in [0.2, 0.25) is 0 Å². The van der Waals surface area contributed by atoms with Crippen LogP contribution < -0.4 is 15.6 Å². The van der Waals surface area contributed by atoms with Gasteiger partial charge >= 0.3 is 0 Å². The molecule has 0 spiro atoms. The number of rotatable bonds is 7. The van der Waals surface area contributed by atoms with Gasteiger partial charge in [-0.05, 0) is 47.5 Å². The first kappa shape index (κ1) is 16.6. The van der Waals surface area contributed by atoms with Crippen LogP contribution in [-0.2, 0) is 13.2 Å². The van der Waals surface area contributed by atoms with Gasteiger partial charge in [-0.25, -0.2) is 5.43 Å². The number of benzene rings is 3. The van der Waals surface area contributed by atoms with Gasteiger partial charge in [0.2, 0.25) is 0 Å². The Morgan fingerprint density at radius 1 is 0.840 bits per heavy atom. The SMILES string of the molecule is N#Cc1cccc(COc2ccc(CNNc3ccccc3)cc2)c1. The van der Waals surface area contributed by atoms with Crippen molar-refractivity contribution >= 4 is 5.69 Å². The number of nitrogens with zero attached hydrogens (tertiary/aromatic N) is 1. The number of para-hydroxylation sites is 1. The van der Waals surface area contributed by atoms with E-state index < -0.39 is 0 Å². The van der Waals surface area contributed by atoms with Gasteiger partial charge in [-0.3, -0.25) is 0 Å². The molecule has 0 amide bonds. The number of hydrazine groups is 1. The first-order valence-corrected chi connectivity index (χ1v) is 8.08. The first-order valence-electron chi connectivity index (χ1n) is 8.08. The lowest BCUT2D eigenvalue weighted by Gasteiger charge is -2.10. The maximum atomic E-state index is 8.92. The average molecular weight is 329 g/mol. The van der Waals surface area contributed by atoms with Crippen LogP contribution in [-0.4, -0.2) is 0 Å². The van der Waals surface area contributed by atoms with E-state index >= 15 is 0 Å². The van der Waals surface area contributed by atoms with Crippen LogP contribution in [0.5, 0.6) is 5.75 Å². The highest BCUT2D eigenvalue weighted by molar-refractivity contribution is 5.41. The van der Waals surface area contributed by atoms with E-state index in [9.17, 15) is 0 Å². The Bertz CT molecular complexity index is 839. The second-order valence-electron chi connectivity index (χ2n) is 5.59. The van der Waals surface area contributed by atoms with Gasteiger partial charge in [0, 0.05) is 12.2 Å². The smallest absolute Gasteiger partial charge is 0.119 e. The summed E-state index contributed by atoms with van der Waals surface area (Å²) in [5, 5.41) is 8.92. The minimum atomic E-state index is 0.447. The van der Waals surface area contributed by atoms with Gasteiger partial charge in [0.1, 0.15) is 12.4 Å². The number of anilines is 1. The standard InChI is InChI=1S/C21H19N3O/c22-14-18-5-4-6-19(13-18)16-25-21-11-9-17(10-12-21)15-23-24-20-7-2-1-3-8-20/h1-13,23-24H,15-16H2. The lowest BCUT2D eigenvalue weighted by Crippen LogP contribution is -2.20. The molecule has 0 aromatic heterocycles. The third-order valence-electron chi connectivity index (χ3n) is 3.68. The maximum Gasteiger partial charge on any atom is 0.119 e. The van der Waals surface area contributed by atoms with Gasteiger partial charge in [0.25, 0.3) is 0 Å². The molecule has 0 saturated heterocycles. The van der Waals surface area contributed by atoms with E-state index in [0.29, 0.717) is 18.7 Å². The molecule has 0 unspecified atom stereocenters. The Kier molecular flexibility index (Phi) is 5.65. The lowest BCUT2D eigenvalue weighted by molar-refractivity contribution is 0.306. The molecule has 0 fully saturated rings. The van der Waals surface area contributed by atoms with Crippen molar-refractivity contribution in [3.8, 4) is 11.8 Å². The number of hydrogen-bond donors (Lipinski definition) is 2. The minimum absolute atomic E-state index is 0.447. The number of ether oxygens (including phenoxy) is 1. The fourth-order valence-corrected chi connectivity index (χ4v) is 2.37. The number of hydrogen-bond acceptors (Lipinski definition) is 4. The molecule has 3 aromatic rings.